The number of anilines is 1. The molecular weight excluding hydrogens is 430 g/mol. The van der Waals surface area contributed by atoms with Crippen molar-refractivity contribution in [2.45, 2.75) is 25.8 Å². The maximum atomic E-state index is 13.3. The molecule has 1 aliphatic rings. The van der Waals surface area contributed by atoms with E-state index in [1.54, 1.807) is 18.2 Å². The van der Waals surface area contributed by atoms with Gasteiger partial charge in [-0.3, -0.25) is 14.5 Å². The first kappa shape index (κ1) is 23.1. The maximum absolute atomic E-state index is 13.3. The summed E-state index contributed by atoms with van der Waals surface area (Å²) in [5.74, 6) is -0.544. The van der Waals surface area contributed by atoms with Crippen molar-refractivity contribution in [2.75, 3.05) is 19.1 Å². The number of carbonyl (C=O) groups excluding carboxylic acids is 2. The average molecular weight is 458 g/mol. The lowest BCUT2D eigenvalue weighted by Crippen LogP contribution is -2.29. The first-order valence-corrected chi connectivity index (χ1v) is 11.1. The van der Waals surface area contributed by atoms with Gasteiger partial charge in [0.25, 0.3) is 11.7 Å². The molecule has 34 heavy (non-hydrogen) atoms. The van der Waals surface area contributed by atoms with Crippen LogP contribution in [-0.4, -0.2) is 31.0 Å². The quantitative estimate of drug-likeness (QED) is 0.302. The van der Waals surface area contributed by atoms with E-state index >= 15 is 0 Å². The van der Waals surface area contributed by atoms with Crippen molar-refractivity contribution in [3.63, 3.8) is 0 Å². The molecule has 1 heterocycles. The number of ketones is 1. The second-order valence-corrected chi connectivity index (χ2v) is 8.39. The lowest BCUT2D eigenvalue weighted by atomic mass is 9.94. The molecule has 1 aliphatic heterocycles. The smallest absolute Gasteiger partial charge is 0.300 e. The molecule has 6 heteroatoms. The van der Waals surface area contributed by atoms with Gasteiger partial charge in [0.2, 0.25) is 0 Å². The van der Waals surface area contributed by atoms with E-state index in [1.165, 1.54) is 19.1 Å². The van der Waals surface area contributed by atoms with Crippen molar-refractivity contribution in [1.82, 2.24) is 0 Å². The lowest BCUT2D eigenvalue weighted by Gasteiger charge is -2.26. The number of Topliss-reactive ketones (excluding diaryl/α,β-unsaturated/α-hetero) is 1. The topological polar surface area (TPSA) is 76.1 Å². The Kier molecular flexibility index (Phi) is 6.41. The minimum Gasteiger partial charge on any atom is -0.507 e. The highest BCUT2D eigenvalue weighted by Crippen LogP contribution is 2.43. The summed E-state index contributed by atoms with van der Waals surface area (Å²) in [4.78, 5) is 28.0. The van der Waals surface area contributed by atoms with Crippen molar-refractivity contribution in [2.24, 2.45) is 0 Å². The van der Waals surface area contributed by atoms with Gasteiger partial charge in [0.15, 0.2) is 0 Å². The second kappa shape index (κ2) is 9.43. The molecule has 1 atom stereocenters. The SMILES string of the molecule is COc1ccc(/C(O)=C2/C(=O)C(=O)N(c3ccc(C(C)C)cc3)C2c2ccccc2)c(OC)c1. The summed E-state index contributed by atoms with van der Waals surface area (Å²) in [7, 11) is 2.99. The highest BCUT2D eigenvalue weighted by Gasteiger charge is 2.47. The van der Waals surface area contributed by atoms with Crippen LogP contribution in [-0.2, 0) is 9.59 Å². The number of carbonyl (C=O) groups is 2. The molecule has 0 saturated carbocycles. The van der Waals surface area contributed by atoms with E-state index in [4.69, 9.17) is 9.47 Å². The average Bonchev–Trinajstić information content (AvgIpc) is 3.14. The lowest BCUT2D eigenvalue weighted by molar-refractivity contribution is -0.132. The van der Waals surface area contributed by atoms with Crippen molar-refractivity contribution in [1.29, 1.82) is 0 Å². The molecule has 1 fully saturated rings. The van der Waals surface area contributed by atoms with Crippen LogP contribution in [0.15, 0.2) is 78.4 Å². The van der Waals surface area contributed by atoms with Crippen molar-refractivity contribution in [3.05, 3.63) is 95.1 Å². The van der Waals surface area contributed by atoms with Crippen LogP contribution in [0.25, 0.3) is 5.76 Å². The predicted octanol–water partition coefficient (Wildman–Crippen LogP) is 5.45. The number of aliphatic hydroxyl groups is 1. The third-order valence-electron chi connectivity index (χ3n) is 6.06. The molecule has 1 saturated heterocycles. The molecule has 1 N–H and O–H groups in total. The number of nitrogens with zero attached hydrogens (tertiary/aromatic N) is 1. The standard InChI is InChI=1S/C28H27NO5/c1-17(2)18-10-12-20(13-11-18)29-25(19-8-6-5-7-9-19)24(27(31)28(29)32)26(30)22-15-14-21(33-3)16-23(22)34-4/h5-17,25,30H,1-4H3/b26-24-. The van der Waals surface area contributed by atoms with Crippen LogP contribution >= 0.6 is 0 Å². The normalized spacial score (nSPS) is 17.3. The molecule has 174 valence electrons. The van der Waals surface area contributed by atoms with Crippen LogP contribution in [0.1, 0.15) is 42.5 Å². The zero-order valence-electron chi connectivity index (χ0n) is 19.6. The van der Waals surface area contributed by atoms with Gasteiger partial charge < -0.3 is 14.6 Å². The minimum absolute atomic E-state index is 0.00704. The van der Waals surface area contributed by atoms with Gasteiger partial charge in [-0.05, 0) is 41.3 Å². The second-order valence-electron chi connectivity index (χ2n) is 8.39. The number of amides is 1. The van der Waals surface area contributed by atoms with E-state index in [0.29, 0.717) is 34.2 Å². The third kappa shape index (κ3) is 4.03. The maximum Gasteiger partial charge on any atom is 0.300 e. The Morgan fingerprint density at radius 3 is 2.18 bits per heavy atom. The van der Waals surface area contributed by atoms with Gasteiger partial charge in [-0.1, -0.05) is 56.3 Å². The molecule has 1 amide bonds. The zero-order chi connectivity index (χ0) is 24.4. The largest absolute Gasteiger partial charge is 0.507 e. The van der Waals surface area contributed by atoms with Gasteiger partial charge in [-0.25, -0.2) is 0 Å². The van der Waals surface area contributed by atoms with Crippen LogP contribution in [0.4, 0.5) is 5.69 Å². The molecule has 6 nitrogen and oxygen atoms in total. The van der Waals surface area contributed by atoms with Crippen molar-refractivity contribution >= 4 is 23.1 Å². The Balaban J connectivity index is 1.92. The van der Waals surface area contributed by atoms with Gasteiger partial charge in [-0.15, -0.1) is 0 Å². The fourth-order valence-electron chi connectivity index (χ4n) is 4.21. The van der Waals surface area contributed by atoms with Gasteiger partial charge in [0.1, 0.15) is 17.3 Å². The van der Waals surface area contributed by atoms with Crippen LogP contribution in [0.2, 0.25) is 0 Å². The summed E-state index contributed by atoms with van der Waals surface area (Å²) in [6, 6.07) is 20.9. The highest BCUT2D eigenvalue weighted by atomic mass is 16.5. The van der Waals surface area contributed by atoms with Gasteiger partial charge in [0.05, 0.1) is 31.4 Å². The number of rotatable bonds is 6. The number of aliphatic hydroxyl groups excluding tert-OH is 1. The Hall–Kier alpha value is -4.06. The molecule has 3 aromatic carbocycles. The monoisotopic (exact) mass is 457 g/mol. The zero-order valence-corrected chi connectivity index (χ0v) is 19.6. The van der Waals surface area contributed by atoms with E-state index < -0.39 is 17.7 Å². The Bertz CT molecular complexity index is 1250. The van der Waals surface area contributed by atoms with Crippen LogP contribution in [0, 0.1) is 0 Å². The number of hydrogen-bond donors (Lipinski definition) is 1. The molecule has 3 aromatic rings. The van der Waals surface area contributed by atoms with Gasteiger partial charge in [0, 0.05) is 11.8 Å². The summed E-state index contributed by atoms with van der Waals surface area (Å²) < 4.78 is 10.7. The molecule has 1 unspecified atom stereocenters. The molecule has 0 bridgehead atoms. The summed E-state index contributed by atoms with van der Waals surface area (Å²) in [6.07, 6.45) is 0. The van der Waals surface area contributed by atoms with E-state index in [0.717, 1.165) is 5.56 Å². The number of methoxy groups -OCH3 is 2. The van der Waals surface area contributed by atoms with Crippen LogP contribution in [0.3, 0.4) is 0 Å². The first-order valence-electron chi connectivity index (χ1n) is 11.1. The predicted molar refractivity (Wildman–Crippen MR) is 131 cm³/mol. The summed E-state index contributed by atoms with van der Waals surface area (Å²) in [5, 5.41) is 11.4. The first-order chi connectivity index (χ1) is 16.4. The molecule has 0 aliphatic carbocycles. The van der Waals surface area contributed by atoms with Crippen molar-refractivity contribution < 1.29 is 24.2 Å². The molecule has 0 radical (unpaired) electrons. The number of benzene rings is 3. The fourth-order valence-corrected chi connectivity index (χ4v) is 4.21. The summed E-state index contributed by atoms with van der Waals surface area (Å²) in [5.41, 5.74) is 2.73. The van der Waals surface area contributed by atoms with Gasteiger partial charge >= 0.3 is 0 Å². The summed E-state index contributed by atoms with van der Waals surface area (Å²) in [6.45, 7) is 4.18. The van der Waals surface area contributed by atoms with E-state index in [-0.39, 0.29) is 11.3 Å². The molecule has 0 aromatic heterocycles. The Labute approximate surface area is 199 Å². The Morgan fingerprint density at radius 1 is 0.912 bits per heavy atom. The van der Waals surface area contributed by atoms with Crippen LogP contribution in [0.5, 0.6) is 11.5 Å². The van der Waals surface area contributed by atoms with E-state index in [9.17, 15) is 14.7 Å². The van der Waals surface area contributed by atoms with Crippen molar-refractivity contribution in [3.8, 4) is 11.5 Å². The van der Waals surface area contributed by atoms with E-state index in [1.807, 2.05) is 54.6 Å². The highest BCUT2D eigenvalue weighted by molar-refractivity contribution is 6.51. The number of hydrogen-bond acceptors (Lipinski definition) is 5. The van der Waals surface area contributed by atoms with Gasteiger partial charge in [-0.2, -0.15) is 0 Å². The minimum atomic E-state index is -0.794. The van der Waals surface area contributed by atoms with E-state index in [2.05, 4.69) is 13.8 Å². The number of ether oxygens (including phenoxy) is 2. The molecule has 4 rings (SSSR count). The Morgan fingerprint density at radius 2 is 1.59 bits per heavy atom. The summed E-state index contributed by atoms with van der Waals surface area (Å²) >= 11 is 0. The molecular formula is C28H27NO5. The fraction of sp³-hybridized carbons (Fsp3) is 0.214. The molecule has 0 spiro atoms. The van der Waals surface area contributed by atoms with Crippen LogP contribution < -0.4 is 14.4 Å². The third-order valence-corrected chi connectivity index (χ3v) is 6.06.